The maximum Gasteiger partial charge on any atom is 0.255 e. The topological polar surface area (TPSA) is 63.5 Å². The van der Waals surface area contributed by atoms with E-state index in [4.69, 9.17) is 4.74 Å². The molecule has 2 aromatic rings. The van der Waals surface area contributed by atoms with E-state index in [0.717, 1.165) is 75.5 Å². The second-order valence-corrected chi connectivity index (χ2v) is 7.45. The number of hydrogen-bond donors (Lipinski definition) is 0. The van der Waals surface area contributed by atoms with E-state index in [1.54, 1.807) is 10.9 Å². The van der Waals surface area contributed by atoms with Gasteiger partial charge in [-0.3, -0.25) is 14.4 Å². The van der Waals surface area contributed by atoms with E-state index in [2.05, 4.69) is 15.0 Å². The van der Waals surface area contributed by atoms with E-state index in [0.29, 0.717) is 11.5 Å². The van der Waals surface area contributed by atoms with Crippen molar-refractivity contribution in [2.24, 2.45) is 13.0 Å². The van der Waals surface area contributed by atoms with Crippen LogP contribution in [0.25, 0.3) is 11.0 Å². The SMILES string of the molecule is Cc1nn(C)c2ncc(C(=O)N3CCC(CN4CCOCC4)CC3)cc12. The van der Waals surface area contributed by atoms with Crippen LogP contribution in [0.15, 0.2) is 12.3 Å². The first-order valence-electron chi connectivity index (χ1n) is 9.50. The summed E-state index contributed by atoms with van der Waals surface area (Å²) in [5.41, 5.74) is 2.40. The van der Waals surface area contributed by atoms with Crippen molar-refractivity contribution in [2.45, 2.75) is 19.8 Å². The quantitative estimate of drug-likeness (QED) is 0.832. The lowest BCUT2D eigenvalue weighted by Gasteiger charge is -2.36. The van der Waals surface area contributed by atoms with Crippen LogP contribution in [0.4, 0.5) is 0 Å². The van der Waals surface area contributed by atoms with Gasteiger partial charge in [0.05, 0.1) is 24.5 Å². The molecule has 0 aromatic carbocycles. The highest BCUT2D eigenvalue weighted by atomic mass is 16.5. The molecule has 0 spiro atoms. The molecule has 2 aromatic heterocycles. The molecule has 2 fully saturated rings. The number of aryl methyl sites for hydroxylation is 2. The lowest BCUT2D eigenvalue weighted by molar-refractivity contribution is 0.0243. The van der Waals surface area contributed by atoms with E-state index in [1.165, 1.54) is 0 Å². The molecule has 26 heavy (non-hydrogen) atoms. The molecule has 0 bridgehead atoms. The van der Waals surface area contributed by atoms with Crippen LogP contribution in [0.2, 0.25) is 0 Å². The minimum Gasteiger partial charge on any atom is -0.379 e. The van der Waals surface area contributed by atoms with Gasteiger partial charge in [-0.05, 0) is 31.7 Å². The number of aromatic nitrogens is 3. The molecule has 1 amide bonds. The van der Waals surface area contributed by atoms with Crippen LogP contribution < -0.4 is 0 Å². The number of nitrogens with zero attached hydrogens (tertiary/aromatic N) is 5. The number of fused-ring (bicyclic) bond motifs is 1. The molecule has 2 aliphatic rings. The predicted octanol–water partition coefficient (Wildman–Crippen LogP) is 1.46. The van der Waals surface area contributed by atoms with Crippen molar-refractivity contribution in [2.75, 3.05) is 45.9 Å². The summed E-state index contributed by atoms with van der Waals surface area (Å²) in [6.07, 6.45) is 3.83. The molecule has 7 nitrogen and oxygen atoms in total. The van der Waals surface area contributed by atoms with Gasteiger partial charge in [0.15, 0.2) is 5.65 Å². The Morgan fingerprint density at radius 2 is 1.96 bits per heavy atom. The van der Waals surface area contributed by atoms with E-state index < -0.39 is 0 Å². The Morgan fingerprint density at radius 1 is 1.23 bits per heavy atom. The van der Waals surface area contributed by atoms with Crippen LogP contribution in [0.1, 0.15) is 28.9 Å². The first kappa shape index (κ1) is 17.4. The average Bonchev–Trinajstić information content (AvgIpc) is 2.96. The predicted molar refractivity (Wildman–Crippen MR) is 99.1 cm³/mol. The van der Waals surface area contributed by atoms with Gasteiger partial charge in [-0.15, -0.1) is 0 Å². The first-order chi connectivity index (χ1) is 12.6. The number of pyridine rings is 1. The van der Waals surface area contributed by atoms with Gasteiger partial charge in [-0.1, -0.05) is 0 Å². The molecule has 0 unspecified atom stereocenters. The van der Waals surface area contributed by atoms with Crippen molar-refractivity contribution in [3.05, 3.63) is 23.5 Å². The van der Waals surface area contributed by atoms with Gasteiger partial charge in [-0.2, -0.15) is 5.10 Å². The van der Waals surface area contributed by atoms with Gasteiger partial charge in [0.25, 0.3) is 5.91 Å². The van der Waals surface area contributed by atoms with Gasteiger partial charge in [0.1, 0.15) is 0 Å². The Bertz CT molecular complexity index is 789. The minimum atomic E-state index is 0.0903. The Balaban J connectivity index is 1.38. The Kier molecular flexibility index (Phi) is 4.91. The number of ether oxygens (including phenoxy) is 1. The summed E-state index contributed by atoms with van der Waals surface area (Å²) in [4.78, 5) is 21.8. The monoisotopic (exact) mass is 357 g/mol. The smallest absolute Gasteiger partial charge is 0.255 e. The number of piperidine rings is 1. The van der Waals surface area contributed by atoms with Crippen LogP contribution >= 0.6 is 0 Å². The normalized spacial score (nSPS) is 20.0. The molecule has 0 aliphatic carbocycles. The molecule has 7 heteroatoms. The zero-order valence-corrected chi connectivity index (χ0v) is 15.6. The molecule has 0 saturated carbocycles. The third-order valence-electron chi connectivity index (χ3n) is 5.63. The van der Waals surface area contributed by atoms with Gasteiger partial charge in [-0.25, -0.2) is 4.98 Å². The summed E-state index contributed by atoms with van der Waals surface area (Å²) in [6, 6.07) is 1.94. The number of carbonyl (C=O) groups is 1. The fourth-order valence-electron chi connectivity index (χ4n) is 4.07. The van der Waals surface area contributed by atoms with Crippen molar-refractivity contribution in [1.29, 1.82) is 0 Å². The summed E-state index contributed by atoms with van der Waals surface area (Å²) in [5, 5.41) is 5.34. The van der Waals surface area contributed by atoms with Crippen molar-refractivity contribution < 1.29 is 9.53 Å². The van der Waals surface area contributed by atoms with E-state index >= 15 is 0 Å². The largest absolute Gasteiger partial charge is 0.379 e. The van der Waals surface area contributed by atoms with Gasteiger partial charge >= 0.3 is 0 Å². The summed E-state index contributed by atoms with van der Waals surface area (Å²) >= 11 is 0. The molecule has 0 N–H and O–H groups in total. The van der Waals surface area contributed by atoms with Crippen LogP contribution in [-0.4, -0.2) is 76.4 Å². The number of amides is 1. The zero-order valence-electron chi connectivity index (χ0n) is 15.6. The van der Waals surface area contributed by atoms with Crippen LogP contribution in [-0.2, 0) is 11.8 Å². The van der Waals surface area contributed by atoms with E-state index in [-0.39, 0.29) is 5.91 Å². The maximum atomic E-state index is 12.9. The molecule has 4 rings (SSSR count). The van der Waals surface area contributed by atoms with Crippen LogP contribution in [0, 0.1) is 12.8 Å². The maximum absolute atomic E-state index is 12.9. The Labute approximate surface area is 153 Å². The molecule has 0 radical (unpaired) electrons. The van der Waals surface area contributed by atoms with Gasteiger partial charge in [0, 0.05) is 51.4 Å². The minimum absolute atomic E-state index is 0.0903. The number of carbonyl (C=O) groups excluding carboxylic acids is 1. The summed E-state index contributed by atoms with van der Waals surface area (Å²) in [7, 11) is 1.88. The first-order valence-corrected chi connectivity index (χ1v) is 9.50. The van der Waals surface area contributed by atoms with Crippen molar-refractivity contribution >= 4 is 16.9 Å². The summed E-state index contributed by atoms with van der Waals surface area (Å²) in [5.74, 6) is 0.769. The fraction of sp³-hybridized carbons (Fsp3) is 0.632. The van der Waals surface area contributed by atoms with Gasteiger partial charge < -0.3 is 9.64 Å². The fourth-order valence-corrected chi connectivity index (χ4v) is 4.07. The van der Waals surface area contributed by atoms with Crippen molar-refractivity contribution in [3.63, 3.8) is 0 Å². The molecule has 140 valence electrons. The Hall–Kier alpha value is -1.99. The number of hydrogen-bond acceptors (Lipinski definition) is 5. The number of morpholine rings is 1. The summed E-state index contributed by atoms with van der Waals surface area (Å²) in [6.45, 7) is 8.52. The van der Waals surface area contributed by atoms with Crippen molar-refractivity contribution in [3.8, 4) is 0 Å². The summed E-state index contributed by atoms with van der Waals surface area (Å²) < 4.78 is 7.18. The third kappa shape index (κ3) is 3.46. The lowest BCUT2D eigenvalue weighted by atomic mass is 9.95. The van der Waals surface area contributed by atoms with Crippen LogP contribution in [0.5, 0.6) is 0 Å². The third-order valence-corrected chi connectivity index (χ3v) is 5.63. The average molecular weight is 357 g/mol. The van der Waals surface area contributed by atoms with E-state index in [1.807, 2.05) is 24.9 Å². The number of likely N-dealkylation sites (tertiary alicyclic amines) is 1. The molecule has 0 atom stereocenters. The zero-order chi connectivity index (χ0) is 18.1. The van der Waals surface area contributed by atoms with E-state index in [9.17, 15) is 4.79 Å². The highest BCUT2D eigenvalue weighted by molar-refractivity contribution is 5.97. The second-order valence-electron chi connectivity index (χ2n) is 7.45. The molecular weight excluding hydrogens is 330 g/mol. The van der Waals surface area contributed by atoms with Gasteiger partial charge in [0.2, 0.25) is 0 Å². The second kappa shape index (κ2) is 7.32. The highest BCUT2D eigenvalue weighted by Crippen LogP contribution is 2.22. The Morgan fingerprint density at radius 3 is 2.69 bits per heavy atom. The standard InChI is InChI=1S/C19H27N5O2/c1-14-17-11-16(12-20-18(17)22(2)21-14)19(25)24-5-3-15(4-6-24)13-23-7-9-26-10-8-23/h11-12,15H,3-10,13H2,1-2H3. The lowest BCUT2D eigenvalue weighted by Crippen LogP contribution is -2.44. The molecule has 4 heterocycles. The molecular formula is C19H27N5O2. The van der Waals surface area contributed by atoms with Crippen LogP contribution in [0.3, 0.4) is 0 Å². The molecule has 2 aliphatic heterocycles. The highest BCUT2D eigenvalue weighted by Gasteiger charge is 2.26. The molecule has 2 saturated heterocycles. The number of rotatable bonds is 3. The van der Waals surface area contributed by atoms with Crippen molar-refractivity contribution in [1.82, 2.24) is 24.6 Å².